The van der Waals surface area contributed by atoms with Crippen molar-refractivity contribution < 1.29 is 14.3 Å². The van der Waals surface area contributed by atoms with E-state index in [1.165, 1.54) is 0 Å². The van der Waals surface area contributed by atoms with Crippen molar-refractivity contribution in [2.75, 3.05) is 26.7 Å². The first-order valence-electron chi connectivity index (χ1n) is 10.9. The molecule has 0 bridgehead atoms. The number of ether oxygens (including phenoxy) is 1. The van der Waals surface area contributed by atoms with E-state index in [2.05, 4.69) is 4.98 Å². The van der Waals surface area contributed by atoms with Gasteiger partial charge in [-0.15, -0.1) is 0 Å². The molecule has 2 aromatic rings. The highest BCUT2D eigenvalue weighted by atomic mass is 16.6. The summed E-state index contributed by atoms with van der Waals surface area (Å²) in [6.45, 7) is 9.51. The maximum Gasteiger partial charge on any atom is 0.410 e. The number of rotatable bonds is 4. The van der Waals surface area contributed by atoms with E-state index >= 15 is 0 Å². The quantitative estimate of drug-likeness (QED) is 0.710. The predicted octanol–water partition coefficient (Wildman–Crippen LogP) is 4.78. The molecule has 2 heterocycles. The molecule has 2 amide bonds. The van der Waals surface area contributed by atoms with Gasteiger partial charge in [-0.2, -0.15) is 0 Å². The van der Waals surface area contributed by atoms with Crippen LogP contribution >= 0.6 is 0 Å². The Bertz CT molecular complexity index is 913. The molecule has 1 saturated heterocycles. The Morgan fingerprint density at radius 3 is 2.32 bits per heavy atom. The van der Waals surface area contributed by atoms with E-state index in [1.54, 1.807) is 11.9 Å². The minimum absolute atomic E-state index is 0.0311. The molecule has 1 aliphatic heterocycles. The largest absolute Gasteiger partial charge is 0.444 e. The van der Waals surface area contributed by atoms with Crippen LogP contribution in [0.15, 0.2) is 42.5 Å². The van der Waals surface area contributed by atoms with Crippen LogP contribution in [0.4, 0.5) is 4.79 Å². The van der Waals surface area contributed by atoms with Crippen LogP contribution in [-0.2, 0) is 4.74 Å². The third-order valence-electron chi connectivity index (χ3n) is 5.52. The second kappa shape index (κ2) is 9.50. The van der Waals surface area contributed by atoms with Crippen LogP contribution in [0.5, 0.6) is 0 Å². The maximum absolute atomic E-state index is 13.1. The van der Waals surface area contributed by atoms with E-state index in [-0.39, 0.29) is 12.0 Å². The lowest BCUT2D eigenvalue weighted by Crippen LogP contribution is -2.43. The number of pyridine rings is 1. The van der Waals surface area contributed by atoms with E-state index in [1.807, 2.05) is 75.1 Å². The number of amides is 2. The first kappa shape index (κ1) is 22.8. The normalized spacial score (nSPS) is 14.9. The van der Waals surface area contributed by atoms with Crippen LogP contribution in [0.2, 0.25) is 0 Å². The zero-order chi connectivity index (χ0) is 22.6. The summed E-state index contributed by atoms with van der Waals surface area (Å²) in [6, 6.07) is 13.8. The van der Waals surface area contributed by atoms with Crippen LogP contribution in [0.25, 0.3) is 11.3 Å². The van der Waals surface area contributed by atoms with Gasteiger partial charge in [0.25, 0.3) is 5.91 Å². The van der Waals surface area contributed by atoms with Crippen LogP contribution in [0, 0.1) is 12.8 Å². The van der Waals surface area contributed by atoms with E-state index in [0.29, 0.717) is 31.1 Å². The molecule has 1 aliphatic rings. The molecule has 6 nitrogen and oxygen atoms in total. The highest BCUT2D eigenvalue weighted by Crippen LogP contribution is 2.23. The Balaban J connectivity index is 1.56. The Labute approximate surface area is 185 Å². The molecule has 1 fully saturated rings. The summed E-state index contributed by atoms with van der Waals surface area (Å²) in [6.07, 6.45) is 1.44. The van der Waals surface area contributed by atoms with Crippen molar-refractivity contribution >= 4 is 12.0 Å². The summed E-state index contributed by atoms with van der Waals surface area (Å²) in [5.74, 6) is 0.393. The van der Waals surface area contributed by atoms with Gasteiger partial charge in [0.15, 0.2) is 0 Å². The lowest BCUT2D eigenvalue weighted by molar-refractivity contribution is 0.0246. The van der Waals surface area contributed by atoms with Crippen LogP contribution in [-0.4, -0.2) is 59.1 Å². The number of carbonyl (C=O) groups is 2. The molecule has 0 saturated carbocycles. The number of carbonyl (C=O) groups excluding carboxylic acids is 2. The zero-order valence-electron chi connectivity index (χ0n) is 19.2. The van der Waals surface area contributed by atoms with Gasteiger partial charge >= 0.3 is 6.09 Å². The number of aryl methyl sites for hydroxylation is 1. The Kier molecular flexibility index (Phi) is 6.98. The average molecular weight is 424 g/mol. The molecule has 1 aromatic carbocycles. The van der Waals surface area contributed by atoms with Crippen molar-refractivity contribution in [1.82, 2.24) is 14.8 Å². The molecular weight excluding hydrogens is 390 g/mol. The first-order chi connectivity index (χ1) is 14.6. The average Bonchev–Trinajstić information content (AvgIpc) is 2.73. The number of nitrogens with zero attached hydrogens (tertiary/aromatic N) is 3. The molecule has 0 radical (unpaired) electrons. The molecule has 0 aliphatic carbocycles. The number of aromatic nitrogens is 1. The second-order valence-electron chi connectivity index (χ2n) is 9.29. The SMILES string of the molecule is Cc1nc(-c2ccccc2)ccc1C(=O)N1CCC(CN(C)C(=O)OC(C)(C)C)CC1. The molecule has 0 atom stereocenters. The summed E-state index contributed by atoms with van der Waals surface area (Å²) in [5.41, 5.74) is 2.82. The molecule has 166 valence electrons. The van der Waals surface area contributed by atoms with Crippen molar-refractivity contribution in [2.24, 2.45) is 5.92 Å². The highest BCUT2D eigenvalue weighted by molar-refractivity contribution is 5.95. The van der Waals surface area contributed by atoms with Gasteiger partial charge in [-0.05, 0) is 58.6 Å². The zero-order valence-corrected chi connectivity index (χ0v) is 19.2. The monoisotopic (exact) mass is 423 g/mol. The number of benzene rings is 1. The van der Waals surface area contributed by atoms with Gasteiger partial charge in [0.05, 0.1) is 17.0 Å². The van der Waals surface area contributed by atoms with E-state index < -0.39 is 5.60 Å². The van der Waals surface area contributed by atoms with Crippen molar-refractivity contribution in [2.45, 2.75) is 46.1 Å². The van der Waals surface area contributed by atoms with E-state index in [9.17, 15) is 9.59 Å². The molecule has 6 heteroatoms. The standard InChI is InChI=1S/C25H33N3O3/c1-18-21(11-12-22(26-18)20-9-7-6-8-10-20)23(29)28-15-13-19(14-16-28)17-27(5)24(30)31-25(2,3)4/h6-12,19H,13-17H2,1-5H3. The van der Waals surface area contributed by atoms with Crippen molar-refractivity contribution in [1.29, 1.82) is 0 Å². The van der Waals surface area contributed by atoms with Crippen molar-refractivity contribution in [3.05, 3.63) is 53.7 Å². The maximum atomic E-state index is 13.1. The fraction of sp³-hybridized carbons (Fsp3) is 0.480. The molecule has 0 N–H and O–H groups in total. The van der Waals surface area contributed by atoms with Gasteiger partial charge in [0, 0.05) is 32.2 Å². The highest BCUT2D eigenvalue weighted by Gasteiger charge is 2.27. The summed E-state index contributed by atoms with van der Waals surface area (Å²) in [4.78, 5) is 33.5. The first-order valence-corrected chi connectivity index (χ1v) is 10.9. The summed E-state index contributed by atoms with van der Waals surface area (Å²) in [7, 11) is 1.77. The number of hydrogen-bond donors (Lipinski definition) is 0. The van der Waals surface area contributed by atoms with E-state index in [4.69, 9.17) is 4.74 Å². The van der Waals surface area contributed by atoms with Gasteiger partial charge in [-0.3, -0.25) is 9.78 Å². The van der Waals surface area contributed by atoms with Crippen molar-refractivity contribution in [3.8, 4) is 11.3 Å². The summed E-state index contributed by atoms with van der Waals surface area (Å²) < 4.78 is 5.43. The summed E-state index contributed by atoms with van der Waals surface area (Å²) in [5, 5.41) is 0. The molecule has 0 spiro atoms. The predicted molar refractivity (Wildman–Crippen MR) is 122 cm³/mol. The number of piperidine rings is 1. The number of likely N-dealkylation sites (tertiary alicyclic amines) is 1. The lowest BCUT2D eigenvalue weighted by atomic mass is 9.95. The molecule has 1 aromatic heterocycles. The van der Waals surface area contributed by atoms with Gasteiger partial charge in [0.1, 0.15) is 5.60 Å². The van der Waals surface area contributed by atoms with Gasteiger partial charge in [-0.1, -0.05) is 30.3 Å². The lowest BCUT2D eigenvalue weighted by Gasteiger charge is -2.34. The van der Waals surface area contributed by atoms with Gasteiger partial charge < -0.3 is 14.5 Å². The molecule has 0 unspecified atom stereocenters. The van der Waals surface area contributed by atoms with E-state index in [0.717, 1.165) is 29.8 Å². The third-order valence-corrected chi connectivity index (χ3v) is 5.52. The number of hydrogen-bond acceptors (Lipinski definition) is 4. The molecule has 31 heavy (non-hydrogen) atoms. The Morgan fingerprint density at radius 2 is 1.74 bits per heavy atom. The molecular formula is C25H33N3O3. The Morgan fingerprint density at radius 1 is 1.10 bits per heavy atom. The fourth-order valence-electron chi connectivity index (χ4n) is 3.85. The van der Waals surface area contributed by atoms with Crippen molar-refractivity contribution in [3.63, 3.8) is 0 Å². The van der Waals surface area contributed by atoms with Crippen LogP contribution < -0.4 is 0 Å². The Hall–Kier alpha value is -2.89. The fourth-order valence-corrected chi connectivity index (χ4v) is 3.85. The van der Waals surface area contributed by atoms with Gasteiger partial charge in [-0.25, -0.2) is 4.79 Å². The smallest absolute Gasteiger partial charge is 0.410 e. The van der Waals surface area contributed by atoms with Crippen LogP contribution in [0.3, 0.4) is 0 Å². The van der Waals surface area contributed by atoms with Crippen LogP contribution in [0.1, 0.15) is 49.7 Å². The molecule has 3 rings (SSSR count). The van der Waals surface area contributed by atoms with Gasteiger partial charge in [0.2, 0.25) is 0 Å². The minimum Gasteiger partial charge on any atom is -0.444 e. The summed E-state index contributed by atoms with van der Waals surface area (Å²) >= 11 is 0. The third kappa shape index (κ3) is 6.06. The topological polar surface area (TPSA) is 62.7 Å². The minimum atomic E-state index is -0.497. The second-order valence-corrected chi connectivity index (χ2v) is 9.29.